The molecule has 1 heterocycles. The molecule has 0 saturated heterocycles. The number of anilines is 1. The van der Waals surface area contributed by atoms with Gasteiger partial charge in [0.15, 0.2) is 0 Å². The molecule has 21 heavy (non-hydrogen) atoms. The maximum absolute atomic E-state index is 5.71. The molecule has 0 saturated carbocycles. The number of nitrogen functional groups attached to an aromatic ring is 1. The molecule has 0 unspecified atom stereocenters. The smallest absolute Gasteiger partial charge is 0.260 e. The Hall–Kier alpha value is -2.83. The van der Waals surface area contributed by atoms with Crippen molar-refractivity contribution >= 4 is 16.7 Å². The molecule has 0 amide bonds. The van der Waals surface area contributed by atoms with Gasteiger partial charge in [-0.25, -0.2) is 0 Å². The lowest BCUT2D eigenvalue weighted by Crippen LogP contribution is -2.19. The molecule has 108 valence electrons. The summed E-state index contributed by atoms with van der Waals surface area (Å²) in [5, 5.41) is 13.2. The van der Waals surface area contributed by atoms with Crippen LogP contribution in [0.4, 0.5) is 5.95 Å². The predicted octanol–water partition coefficient (Wildman–Crippen LogP) is 1.55. The molecule has 0 radical (unpaired) electrons. The highest BCUT2D eigenvalue weighted by atomic mass is 16.5. The van der Waals surface area contributed by atoms with Crippen LogP contribution in [0.5, 0.6) is 5.75 Å². The Labute approximate surface area is 121 Å². The third-order valence-corrected chi connectivity index (χ3v) is 3.20. The minimum atomic E-state index is 0.216. The van der Waals surface area contributed by atoms with Gasteiger partial charge in [0.25, 0.3) is 5.95 Å². The SMILES string of the molecule is CCOc1ccc2ccccc2c1CNn1nnnc1N. The van der Waals surface area contributed by atoms with Crippen LogP contribution in [-0.4, -0.2) is 26.9 Å². The van der Waals surface area contributed by atoms with Gasteiger partial charge >= 0.3 is 0 Å². The van der Waals surface area contributed by atoms with Gasteiger partial charge in [-0.2, -0.15) is 0 Å². The lowest BCUT2D eigenvalue weighted by atomic mass is 10.0. The molecule has 3 N–H and O–H groups in total. The summed E-state index contributed by atoms with van der Waals surface area (Å²) in [4.78, 5) is 1.34. The van der Waals surface area contributed by atoms with E-state index in [0.29, 0.717) is 13.2 Å². The van der Waals surface area contributed by atoms with Gasteiger partial charge < -0.3 is 15.9 Å². The van der Waals surface area contributed by atoms with Crippen LogP contribution in [0.1, 0.15) is 12.5 Å². The monoisotopic (exact) mass is 284 g/mol. The van der Waals surface area contributed by atoms with Crippen LogP contribution >= 0.6 is 0 Å². The Kier molecular flexibility index (Phi) is 3.55. The maximum atomic E-state index is 5.71. The summed E-state index contributed by atoms with van der Waals surface area (Å²) in [5.74, 6) is 1.06. The number of nitrogens with zero attached hydrogens (tertiary/aromatic N) is 4. The van der Waals surface area contributed by atoms with Gasteiger partial charge in [-0.05, 0) is 34.2 Å². The number of nitrogens with one attached hydrogen (secondary N) is 1. The van der Waals surface area contributed by atoms with Gasteiger partial charge in [0, 0.05) is 5.56 Å². The quantitative estimate of drug-likeness (QED) is 0.738. The predicted molar refractivity (Wildman–Crippen MR) is 80.4 cm³/mol. The fourth-order valence-corrected chi connectivity index (χ4v) is 2.25. The third kappa shape index (κ3) is 2.58. The number of hydrogen-bond donors (Lipinski definition) is 2. The molecule has 1 aromatic heterocycles. The second-order valence-corrected chi connectivity index (χ2v) is 4.48. The standard InChI is InChI=1S/C14H16N6O/c1-2-21-13-8-7-10-5-3-4-6-11(10)12(13)9-16-20-14(15)17-18-19-20/h3-8,16H,2,9H2,1H3,(H2,15,17,19). The molecule has 2 aromatic carbocycles. The maximum Gasteiger partial charge on any atom is 0.260 e. The summed E-state index contributed by atoms with van der Waals surface area (Å²) in [5.41, 5.74) is 9.77. The fraction of sp³-hybridized carbons (Fsp3) is 0.214. The zero-order valence-corrected chi connectivity index (χ0v) is 11.7. The molecule has 3 rings (SSSR count). The fourth-order valence-electron chi connectivity index (χ4n) is 2.25. The van der Waals surface area contributed by atoms with E-state index in [0.717, 1.165) is 22.1 Å². The average molecular weight is 284 g/mol. The van der Waals surface area contributed by atoms with Crippen molar-refractivity contribution in [1.82, 2.24) is 20.3 Å². The zero-order valence-electron chi connectivity index (χ0n) is 11.7. The van der Waals surface area contributed by atoms with Crippen LogP contribution in [0.15, 0.2) is 36.4 Å². The highest BCUT2D eigenvalue weighted by molar-refractivity contribution is 5.87. The third-order valence-electron chi connectivity index (χ3n) is 3.20. The Morgan fingerprint density at radius 2 is 2.10 bits per heavy atom. The Bertz CT molecular complexity index is 754. The van der Waals surface area contributed by atoms with E-state index >= 15 is 0 Å². The van der Waals surface area contributed by atoms with Crippen molar-refractivity contribution < 1.29 is 4.74 Å². The van der Waals surface area contributed by atoms with E-state index in [1.807, 2.05) is 25.1 Å². The van der Waals surface area contributed by atoms with Crippen LogP contribution in [0.25, 0.3) is 10.8 Å². The van der Waals surface area contributed by atoms with E-state index in [4.69, 9.17) is 10.5 Å². The van der Waals surface area contributed by atoms with Gasteiger partial charge in [0.2, 0.25) is 0 Å². The van der Waals surface area contributed by atoms with E-state index < -0.39 is 0 Å². The molecule has 0 fully saturated rings. The molecule has 0 bridgehead atoms. The van der Waals surface area contributed by atoms with Crippen molar-refractivity contribution in [1.29, 1.82) is 0 Å². The first-order valence-corrected chi connectivity index (χ1v) is 6.70. The summed E-state index contributed by atoms with van der Waals surface area (Å²) in [6, 6.07) is 12.2. The van der Waals surface area contributed by atoms with Gasteiger partial charge in [0.1, 0.15) is 5.75 Å². The minimum absolute atomic E-state index is 0.216. The van der Waals surface area contributed by atoms with Crippen molar-refractivity contribution in [3.8, 4) is 5.75 Å². The van der Waals surface area contributed by atoms with E-state index in [-0.39, 0.29) is 5.95 Å². The Morgan fingerprint density at radius 3 is 2.86 bits per heavy atom. The first-order chi connectivity index (χ1) is 10.3. The van der Waals surface area contributed by atoms with Crippen molar-refractivity contribution in [3.63, 3.8) is 0 Å². The summed E-state index contributed by atoms with van der Waals surface area (Å²) >= 11 is 0. The molecule has 7 heteroatoms. The van der Waals surface area contributed by atoms with Crippen molar-refractivity contribution in [2.75, 3.05) is 17.8 Å². The zero-order chi connectivity index (χ0) is 14.7. The minimum Gasteiger partial charge on any atom is -0.494 e. The normalized spacial score (nSPS) is 10.7. The van der Waals surface area contributed by atoms with E-state index in [1.54, 1.807) is 0 Å². The van der Waals surface area contributed by atoms with Crippen LogP contribution in [0.2, 0.25) is 0 Å². The summed E-state index contributed by atoms with van der Waals surface area (Å²) in [6.07, 6.45) is 0. The Balaban J connectivity index is 1.97. The first kappa shape index (κ1) is 13.2. The molecular weight excluding hydrogens is 268 g/mol. The van der Waals surface area contributed by atoms with Gasteiger partial charge in [-0.1, -0.05) is 35.4 Å². The van der Waals surface area contributed by atoms with E-state index in [9.17, 15) is 0 Å². The summed E-state index contributed by atoms with van der Waals surface area (Å²) < 4.78 is 5.71. The number of fused-ring (bicyclic) bond motifs is 1. The number of hydrogen-bond acceptors (Lipinski definition) is 6. The van der Waals surface area contributed by atoms with Gasteiger partial charge in [-0.15, -0.1) is 4.79 Å². The number of aromatic nitrogens is 4. The van der Waals surface area contributed by atoms with Crippen LogP contribution < -0.4 is 15.9 Å². The molecular formula is C14H16N6O. The second-order valence-electron chi connectivity index (χ2n) is 4.48. The van der Waals surface area contributed by atoms with Gasteiger partial charge in [-0.3, -0.25) is 0 Å². The Morgan fingerprint density at radius 1 is 1.24 bits per heavy atom. The molecule has 0 aliphatic carbocycles. The molecule has 0 aliphatic rings. The average Bonchev–Trinajstić information content (AvgIpc) is 2.91. The largest absolute Gasteiger partial charge is 0.494 e. The van der Waals surface area contributed by atoms with E-state index in [2.05, 4.69) is 39.2 Å². The lowest BCUT2D eigenvalue weighted by molar-refractivity contribution is 0.337. The highest BCUT2D eigenvalue weighted by Crippen LogP contribution is 2.28. The van der Waals surface area contributed by atoms with Crippen LogP contribution in [-0.2, 0) is 6.54 Å². The number of rotatable bonds is 5. The highest BCUT2D eigenvalue weighted by Gasteiger charge is 2.09. The first-order valence-electron chi connectivity index (χ1n) is 6.70. The van der Waals surface area contributed by atoms with Crippen molar-refractivity contribution in [3.05, 3.63) is 42.0 Å². The summed E-state index contributed by atoms with van der Waals surface area (Å²) in [7, 11) is 0. The molecule has 0 aliphatic heterocycles. The second kappa shape index (κ2) is 5.66. The lowest BCUT2D eigenvalue weighted by Gasteiger charge is -2.14. The van der Waals surface area contributed by atoms with Crippen LogP contribution in [0.3, 0.4) is 0 Å². The summed E-state index contributed by atoms with van der Waals surface area (Å²) in [6.45, 7) is 3.08. The molecule has 0 spiro atoms. The van der Waals surface area contributed by atoms with Crippen LogP contribution in [0, 0.1) is 0 Å². The number of nitrogens with two attached hydrogens (primary N) is 1. The van der Waals surface area contributed by atoms with Crippen molar-refractivity contribution in [2.24, 2.45) is 0 Å². The molecule has 3 aromatic rings. The van der Waals surface area contributed by atoms with Crippen molar-refractivity contribution in [2.45, 2.75) is 13.5 Å². The topological polar surface area (TPSA) is 90.9 Å². The van der Waals surface area contributed by atoms with E-state index in [1.165, 1.54) is 4.79 Å². The number of benzene rings is 2. The number of ether oxygens (including phenoxy) is 1. The molecule has 0 atom stereocenters. The number of tetrazole rings is 1. The molecule has 7 nitrogen and oxygen atoms in total. The van der Waals surface area contributed by atoms with Gasteiger partial charge in [0.05, 0.1) is 13.2 Å².